The first-order valence-electron chi connectivity index (χ1n) is 9.19. The molecule has 0 saturated heterocycles. The van der Waals surface area contributed by atoms with E-state index in [1.165, 1.54) is 0 Å². The summed E-state index contributed by atoms with van der Waals surface area (Å²) in [5.41, 5.74) is 2.33. The molecule has 0 spiro atoms. The third-order valence-corrected chi connectivity index (χ3v) is 4.59. The second-order valence-corrected chi connectivity index (χ2v) is 8.13. The van der Waals surface area contributed by atoms with Gasteiger partial charge in [-0.05, 0) is 64.1 Å². The molecule has 0 aliphatic carbocycles. The fraction of sp³-hybridized carbons (Fsp3) is 0.227. The molecule has 0 bridgehead atoms. The Hall–Kier alpha value is -3.12. The molecule has 2 aromatic carbocycles. The summed E-state index contributed by atoms with van der Waals surface area (Å²) < 4.78 is 1.80. The summed E-state index contributed by atoms with van der Waals surface area (Å²) in [7, 11) is 0. The molecule has 1 aromatic heterocycles. The van der Waals surface area contributed by atoms with Crippen LogP contribution in [0.3, 0.4) is 0 Å². The summed E-state index contributed by atoms with van der Waals surface area (Å²) in [6, 6.07) is 15.6. The molecule has 2 amide bonds. The molecule has 0 unspecified atom stereocenters. The highest BCUT2D eigenvalue weighted by molar-refractivity contribution is 6.34. The molecule has 0 saturated carbocycles. The molecule has 1 heterocycles. The minimum Gasteiger partial charge on any atom is -0.322 e. The van der Waals surface area contributed by atoms with E-state index >= 15 is 0 Å². The van der Waals surface area contributed by atoms with Crippen LogP contribution in [0.25, 0.3) is 0 Å². The van der Waals surface area contributed by atoms with Crippen LogP contribution in [0.15, 0.2) is 54.6 Å². The molecular formula is C22H23ClN4O2. The number of hydrogen-bond acceptors (Lipinski definition) is 3. The first-order valence-corrected chi connectivity index (χ1v) is 9.57. The Morgan fingerprint density at radius 3 is 2.28 bits per heavy atom. The van der Waals surface area contributed by atoms with Crippen molar-refractivity contribution >= 4 is 34.8 Å². The van der Waals surface area contributed by atoms with E-state index in [0.717, 1.165) is 5.69 Å². The SMILES string of the molecule is Cc1cc(C(=O)Nc2cc(C(=O)Nc3ccccc3)ccc2Cl)nn1C(C)(C)C. The zero-order chi connectivity index (χ0) is 21.2. The number of carbonyl (C=O) groups excluding carboxylic acids is 2. The molecule has 7 heteroatoms. The third kappa shape index (κ3) is 4.84. The summed E-state index contributed by atoms with van der Waals surface area (Å²) in [5, 5.41) is 10.3. The highest BCUT2D eigenvalue weighted by atomic mass is 35.5. The molecule has 2 N–H and O–H groups in total. The van der Waals surface area contributed by atoms with Gasteiger partial charge in [-0.25, -0.2) is 0 Å². The first kappa shape index (κ1) is 20.6. The standard InChI is InChI=1S/C22H23ClN4O2/c1-14-12-19(26-27(14)22(2,3)4)21(29)25-18-13-15(10-11-17(18)23)20(28)24-16-8-6-5-7-9-16/h5-13H,1-4H3,(H,24,28)(H,25,29). The van der Waals surface area contributed by atoms with Crippen LogP contribution < -0.4 is 10.6 Å². The van der Waals surface area contributed by atoms with Crippen molar-refractivity contribution in [3.63, 3.8) is 0 Å². The molecule has 0 aliphatic rings. The quantitative estimate of drug-likeness (QED) is 0.627. The Labute approximate surface area is 174 Å². The van der Waals surface area contributed by atoms with E-state index in [0.29, 0.717) is 22.0 Å². The van der Waals surface area contributed by atoms with Gasteiger partial charge in [-0.3, -0.25) is 14.3 Å². The van der Waals surface area contributed by atoms with Gasteiger partial charge < -0.3 is 10.6 Å². The highest BCUT2D eigenvalue weighted by Gasteiger charge is 2.21. The largest absolute Gasteiger partial charge is 0.322 e. The maximum Gasteiger partial charge on any atom is 0.276 e. The van der Waals surface area contributed by atoms with E-state index in [9.17, 15) is 9.59 Å². The second kappa shape index (κ2) is 8.09. The van der Waals surface area contributed by atoms with Gasteiger partial charge in [0.1, 0.15) is 0 Å². The minimum absolute atomic E-state index is 0.240. The number of anilines is 2. The van der Waals surface area contributed by atoms with Gasteiger partial charge in [0, 0.05) is 16.9 Å². The average molecular weight is 411 g/mol. The van der Waals surface area contributed by atoms with Crippen LogP contribution in [0.4, 0.5) is 11.4 Å². The molecular weight excluding hydrogens is 388 g/mol. The van der Waals surface area contributed by atoms with Gasteiger partial charge in [-0.1, -0.05) is 29.8 Å². The fourth-order valence-corrected chi connectivity index (χ4v) is 3.10. The lowest BCUT2D eigenvalue weighted by molar-refractivity contribution is 0.101. The van der Waals surface area contributed by atoms with Crippen molar-refractivity contribution in [2.75, 3.05) is 10.6 Å². The Morgan fingerprint density at radius 2 is 1.66 bits per heavy atom. The molecule has 0 radical (unpaired) electrons. The van der Waals surface area contributed by atoms with Crippen LogP contribution in [-0.4, -0.2) is 21.6 Å². The van der Waals surface area contributed by atoms with Crippen LogP contribution in [0.5, 0.6) is 0 Å². The number of nitrogens with one attached hydrogen (secondary N) is 2. The zero-order valence-electron chi connectivity index (χ0n) is 16.8. The summed E-state index contributed by atoms with van der Waals surface area (Å²) >= 11 is 6.23. The van der Waals surface area contributed by atoms with E-state index in [1.807, 2.05) is 45.9 Å². The number of amides is 2. The molecule has 3 aromatic rings. The average Bonchev–Trinajstić information content (AvgIpc) is 3.06. The lowest BCUT2D eigenvalue weighted by Crippen LogP contribution is -2.25. The summed E-state index contributed by atoms with van der Waals surface area (Å²) in [6.07, 6.45) is 0. The third-order valence-electron chi connectivity index (χ3n) is 4.26. The Morgan fingerprint density at radius 1 is 0.966 bits per heavy atom. The maximum atomic E-state index is 12.7. The molecule has 0 atom stereocenters. The van der Waals surface area contributed by atoms with Crippen molar-refractivity contribution in [2.45, 2.75) is 33.2 Å². The van der Waals surface area contributed by atoms with Gasteiger partial charge in [0.15, 0.2) is 5.69 Å². The number of aromatic nitrogens is 2. The van der Waals surface area contributed by atoms with Gasteiger partial charge in [0.2, 0.25) is 0 Å². The number of nitrogens with zero attached hydrogens (tertiary/aromatic N) is 2. The number of carbonyl (C=O) groups is 2. The van der Waals surface area contributed by atoms with Gasteiger partial charge in [-0.15, -0.1) is 0 Å². The number of benzene rings is 2. The maximum absolute atomic E-state index is 12.7. The van der Waals surface area contributed by atoms with Crippen LogP contribution in [0, 0.1) is 6.92 Å². The lowest BCUT2D eigenvalue weighted by atomic mass is 10.1. The molecule has 29 heavy (non-hydrogen) atoms. The zero-order valence-corrected chi connectivity index (χ0v) is 17.5. The molecule has 150 valence electrons. The van der Waals surface area contributed by atoms with Crippen molar-refractivity contribution in [3.05, 3.63) is 76.6 Å². The molecule has 6 nitrogen and oxygen atoms in total. The number of hydrogen-bond donors (Lipinski definition) is 2. The number of aryl methyl sites for hydroxylation is 1. The van der Waals surface area contributed by atoms with Gasteiger partial charge in [0.05, 0.1) is 16.2 Å². The van der Waals surface area contributed by atoms with Crippen molar-refractivity contribution < 1.29 is 9.59 Å². The predicted molar refractivity (Wildman–Crippen MR) is 116 cm³/mol. The molecule has 0 fully saturated rings. The van der Waals surface area contributed by atoms with Crippen molar-refractivity contribution in [1.82, 2.24) is 9.78 Å². The Kier molecular flexibility index (Phi) is 5.75. The van der Waals surface area contributed by atoms with Crippen molar-refractivity contribution in [3.8, 4) is 0 Å². The fourth-order valence-electron chi connectivity index (χ4n) is 2.94. The van der Waals surface area contributed by atoms with Gasteiger partial charge in [0.25, 0.3) is 11.8 Å². The van der Waals surface area contributed by atoms with Gasteiger partial charge >= 0.3 is 0 Å². The monoisotopic (exact) mass is 410 g/mol. The highest BCUT2D eigenvalue weighted by Crippen LogP contribution is 2.25. The Bertz CT molecular complexity index is 1050. The van der Waals surface area contributed by atoms with E-state index < -0.39 is 5.91 Å². The van der Waals surface area contributed by atoms with Crippen molar-refractivity contribution in [1.29, 1.82) is 0 Å². The van der Waals surface area contributed by atoms with E-state index in [2.05, 4.69) is 15.7 Å². The smallest absolute Gasteiger partial charge is 0.276 e. The summed E-state index contributed by atoms with van der Waals surface area (Å²) in [6.45, 7) is 7.94. The number of para-hydroxylation sites is 1. The lowest BCUT2D eigenvalue weighted by Gasteiger charge is -2.21. The number of rotatable bonds is 4. The first-order chi connectivity index (χ1) is 13.6. The molecule has 0 aliphatic heterocycles. The second-order valence-electron chi connectivity index (χ2n) is 7.72. The summed E-state index contributed by atoms with van der Waals surface area (Å²) in [4.78, 5) is 25.2. The van der Waals surface area contributed by atoms with Crippen LogP contribution >= 0.6 is 11.6 Å². The predicted octanol–water partition coefficient (Wildman–Crippen LogP) is 5.10. The number of halogens is 1. The minimum atomic E-state index is -0.390. The normalized spacial score (nSPS) is 11.2. The van der Waals surface area contributed by atoms with E-state index in [-0.39, 0.29) is 17.1 Å². The Balaban J connectivity index is 1.80. The van der Waals surface area contributed by atoms with E-state index in [4.69, 9.17) is 11.6 Å². The van der Waals surface area contributed by atoms with E-state index in [1.54, 1.807) is 41.1 Å². The van der Waals surface area contributed by atoms with Crippen LogP contribution in [-0.2, 0) is 5.54 Å². The van der Waals surface area contributed by atoms with Crippen LogP contribution in [0.1, 0.15) is 47.3 Å². The molecule has 3 rings (SSSR count). The van der Waals surface area contributed by atoms with Crippen molar-refractivity contribution in [2.24, 2.45) is 0 Å². The topological polar surface area (TPSA) is 76.0 Å². The van der Waals surface area contributed by atoms with Crippen LogP contribution in [0.2, 0.25) is 5.02 Å². The van der Waals surface area contributed by atoms with Gasteiger partial charge in [-0.2, -0.15) is 5.10 Å². The summed E-state index contributed by atoms with van der Waals surface area (Å²) in [5.74, 6) is -0.685.